The van der Waals surface area contributed by atoms with Gasteiger partial charge in [0, 0.05) is 20.0 Å². The molecule has 0 bridgehead atoms. The second-order valence-corrected chi connectivity index (χ2v) is 5.92. The van der Waals surface area contributed by atoms with Gasteiger partial charge in [-0.05, 0) is 18.2 Å². The van der Waals surface area contributed by atoms with Gasteiger partial charge in [0.2, 0.25) is 10.0 Å². The summed E-state index contributed by atoms with van der Waals surface area (Å²) in [5, 5.41) is 17.4. The monoisotopic (exact) mass is 298 g/mol. The number of carboxylic acids is 1. The lowest BCUT2D eigenvalue weighted by Gasteiger charge is -2.17. The third-order valence-corrected chi connectivity index (χ3v) is 4.53. The third kappa shape index (κ3) is 3.26. The van der Waals surface area contributed by atoms with Crippen LogP contribution < -0.4 is 4.74 Å². The lowest BCUT2D eigenvalue weighted by atomic mass is 10.2. The first-order chi connectivity index (χ1) is 9.34. The maximum absolute atomic E-state index is 12.3. The molecule has 0 saturated carbocycles. The number of benzene rings is 1. The molecule has 0 spiro atoms. The van der Waals surface area contributed by atoms with Crippen molar-refractivity contribution < 1.29 is 23.1 Å². The van der Waals surface area contributed by atoms with E-state index in [2.05, 4.69) is 0 Å². The molecular formula is C12H14N2O5S. The zero-order valence-electron chi connectivity index (χ0n) is 11.0. The van der Waals surface area contributed by atoms with Gasteiger partial charge in [-0.2, -0.15) is 9.57 Å². The number of hydrogen-bond acceptors (Lipinski definition) is 5. The minimum Gasteiger partial charge on any atom is -0.495 e. The van der Waals surface area contributed by atoms with Crippen LogP contribution in [0.3, 0.4) is 0 Å². The zero-order valence-corrected chi connectivity index (χ0v) is 11.8. The Labute approximate surface area is 117 Å². The number of hydrogen-bond donors (Lipinski definition) is 1. The molecule has 7 nitrogen and oxygen atoms in total. The Bertz CT molecular complexity index is 648. The van der Waals surface area contributed by atoms with Crippen LogP contribution in [0.15, 0.2) is 23.1 Å². The maximum atomic E-state index is 12.3. The van der Waals surface area contributed by atoms with Gasteiger partial charge in [-0.15, -0.1) is 0 Å². The van der Waals surface area contributed by atoms with Gasteiger partial charge >= 0.3 is 5.97 Å². The van der Waals surface area contributed by atoms with Crippen LogP contribution in [0.4, 0.5) is 0 Å². The Kier molecular flexibility index (Phi) is 5.07. The average Bonchev–Trinajstić information content (AvgIpc) is 2.43. The summed E-state index contributed by atoms with van der Waals surface area (Å²) in [4.78, 5) is 10.7. The molecule has 0 atom stereocenters. The minimum absolute atomic E-state index is 0.0443. The van der Waals surface area contributed by atoms with Gasteiger partial charge in [-0.25, -0.2) is 13.2 Å². The van der Waals surface area contributed by atoms with E-state index in [1.54, 1.807) is 0 Å². The lowest BCUT2D eigenvalue weighted by molar-refractivity contribution is 0.0696. The van der Waals surface area contributed by atoms with Crippen LogP contribution in [-0.4, -0.2) is 44.5 Å². The number of nitriles is 1. The van der Waals surface area contributed by atoms with Crippen LogP contribution in [0.2, 0.25) is 0 Å². The fraction of sp³-hybridized carbons (Fsp3) is 0.333. The molecular weight excluding hydrogens is 284 g/mol. The van der Waals surface area contributed by atoms with Gasteiger partial charge in [0.25, 0.3) is 0 Å². The number of ether oxygens (including phenoxy) is 1. The van der Waals surface area contributed by atoms with E-state index < -0.39 is 16.0 Å². The van der Waals surface area contributed by atoms with E-state index in [1.807, 2.05) is 6.07 Å². The van der Waals surface area contributed by atoms with Crippen molar-refractivity contribution in [2.24, 2.45) is 0 Å². The highest BCUT2D eigenvalue weighted by atomic mass is 32.2. The first kappa shape index (κ1) is 15.9. The average molecular weight is 298 g/mol. The lowest BCUT2D eigenvalue weighted by Crippen LogP contribution is -2.28. The Morgan fingerprint density at radius 2 is 2.15 bits per heavy atom. The van der Waals surface area contributed by atoms with Crippen molar-refractivity contribution in [3.8, 4) is 11.8 Å². The summed E-state index contributed by atoms with van der Waals surface area (Å²) in [6, 6.07) is 5.38. The number of aromatic carboxylic acids is 1. The Morgan fingerprint density at radius 3 is 2.65 bits per heavy atom. The molecule has 0 aliphatic heterocycles. The van der Waals surface area contributed by atoms with Crippen LogP contribution in [-0.2, 0) is 10.0 Å². The van der Waals surface area contributed by atoms with Gasteiger partial charge in [0.1, 0.15) is 10.6 Å². The van der Waals surface area contributed by atoms with Gasteiger partial charge in [-0.3, -0.25) is 0 Å². The van der Waals surface area contributed by atoms with Crippen LogP contribution in [0.25, 0.3) is 0 Å². The molecule has 0 amide bonds. The summed E-state index contributed by atoms with van der Waals surface area (Å²) in [7, 11) is -1.23. The van der Waals surface area contributed by atoms with E-state index in [4.69, 9.17) is 15.1 Å². The van der Waals surface area contributed by atoms with Gasteiger partial charge in [-0.1, -0.05) is 0 Å². The largest absolute Gasteiger partial charge is 0.495 e. The molecule has 1 N–H and O–H groups in total. The van der Waals surface area contributed by atoms with Gasteiger partial charge < -0.3 is 9.84 Å². The molecule has 0 saturated heterocycles. The Hall–Kier alpha value is -2.11. The quantitative estimate of drug-likeness (QED) is 0.837. The molecule has 0 aliphatic rings. The zero-order chi connectivity index (χ0) is 15.3. The van der Waals surface area contributed by atoms with E-state index in [9.17, 15) is 13.2 Å². The fourth-order valence-corrected chi connectivity index (χ4v) is 2.81. The second-order valence-electron chi connectivity index (χ2n) is 3.91. The molecule has 0 fully saturated rings. The predicted molar refractivity (Wildman–Crippen MR) is 70.0 cm³/mol. The first-order valence-electron chi connectivity index (χ1n) is 5.59. The SMILES string of the molecule is COc1cc(C(=O)O)ccc1S(=O)(=O)N(C)CCC#N. The highest BCUT2D eigenvalue weighted by Gasteiger charge is 2.25. The number of carboxylic acid groups (broad SMARTS) is 1. The second kappa shape index (κ2) is 6.36. The predicted octanol–water partition coefficient (Wildman–Crippen LogP) is 0.928. The van der Waals surface area contributed by atoms with Crippen LogP contribution in [0.1, 0.15) is 16.8 Å². The van der Waals surface area contributed by atoms with Crippen molar-refractivity contribution in [3.05, 3.63) is 23.8 Å². The highest BCUT2D eigenvalue weighted by Crippen LogP contribution is 2.27. The molecule has 1 rings (SSSR count). The molecule has 0 aliphatic carbocycles. The molecule has 0 heterocycles. The summed E-state index contributed by atoms with van der Waals surface area (Å²) in [5.74, 6) is -1.22. The topological polar surface area (TPSA) is 108 Å². The number of carbonyl (C=O) groups is 1. The molecule has 108 valence electrons. The Balaban J connectivity index is 3.25. The Morgan fingerprint density at radius 1 is 1.50 bits per heavy atom. The first-order valence-corrected chi connectivity index (χ1v) is 7.03. The smallest absolute Gasteiger partial charge is 0.335 e. The van der Waals surface area contributed by atoms with E-state index in [0.717, 1.165) is 10.4 Å². The molecule has 0 unspecified atom stereocenters. The summed E-state index contributed by atoms with van der Waals surface area (Å²) in [5.41, 5.74) is -0.0690. The van der Waals surface area contributed by atoms with Crippen LogP contribution >= 0.6 is 0 Å². The number of methoxy groups -OCH3 is 1. The van der Waals surface area contributed by atoms with E-state index in [0.29, 0.717) is 0 Å². The fourth-order valence-electron chi connectivity index (χ4n) is 1.51. The van der Waals surface area contributed by atoms with E-state index >= 15 is 0 Å². The molecule has 0 aromatic heterocycles. The van der Waals surface area contributed by atoms with Gasteiger partial charge in [0.15, 0.2) is 0 Å². The van der Waals surface area contributed by atoms with Crippen LogP contribution in [0.5, 0.6) is 5.75 Å². The van der Waals surface area contributed by atoms with Crippen molar-refractivity contribution in [2.75, 3.05) is 20.7 Å². The van der Waals surface area contributed by atoms with E-state index in [1.165, 1.54) is 26.3 Å². The summed E-state index contributed by atoms with van der Waals surface area (Å²) >= 11 is 0. The standard InChI is InChI=1S/C12H14N2O5S/c1-14(7-3-6-13)20(17,18)11-5-4-9(12(15)16)8-10(11)19-2/h4-5,8H,3,7H2,1-2H3,(H,15,16). The molecule has 1 aromatic rings. The summed E-state index contributed by atoms with van der Waals surface area (Å²) in [6.07, 6.45) is 0.0608. The summed E-state index contributed by atoms with van der Waals surface area (Å²) < 4.78 is 30.5. The number of sulfonamides is 1. The van der Waals surface area contributed by atoms with Crippen molar-refractivity contribution in [1.29, 1.82) is 5.26 Å². The normalized spacial score (nSPS) is 11.1. The van der Waals surface area contributed by atoms with E-state index in [-0.39, 0.29) is 29.2 Å². The van der Waals surface area contributed by atoms with Crippen molar-refractivity contribution >= 4 is 16.0 Å². The maximum Gasteiger partial charge on any atom is 0.335 e. The summed E-state index contributed by atoms with van der Waals surface area (Å²) in [6.45, 7) is 0.0443. The van der Waals surface area contributed by atoms with Gasteiger partial charge in [0.05, 0.1) is 18.7 Å². The molecule has 0 radical (unpaired) electrons. The molecule has 20 heavy (non-hydrogen) atoms. The number of rotatable bonds is 6. The van der Waals surface area contributed by atoms with Crippen molar-refractivity contribution in [2.45, 2.75) is 11.3 Å². The van der Waals surface area contributed by atoms with Crippen molar-refractivity contribution in [3.63, 3.8) is 0 Å². The molecule has 1 aromatic carbocycles. The highest BCUT2D eigenvalue weighted by molar-refractivity contribution is 7.89. The minimum atomic E-state index is -3.83. The molecule has 8 heteroatoms. The van der Waals surface area contributed by atoms with Crippen molar-refractivity contribution in [1.82, 2.24) is 4.31 Å². The third-order valence-electron chi connectivity index (χ3n) is 2.64. The number of nitrogens with zero attached hydrogens (tertiary/aromatic N) is 2. The van der Waals surface area contributed by atoms with Crippen LogP contribution in [0, 0.1) is 11.3 Å².